The van der Waals surface area contributed by atoms with Crippen molar-refractivity contribution in [3.8, 4) is 0 Å². The molecule has 2 unspecified atom stereocenters. The Morgan fingerprint density at radius 1 is 1.13 bits per heavy atom. The quantitative estimate of drug-likeness (QED) is 0.784. The standard InChI is InChI=1S/C22H28N6O2/c1-13(2)19-21(29)25-18-12-28(22(30)14-7-8-14)10-9-27(18)11-17-23-16-6-4-3-5-15(16)20(24-17)26-19/h3-6,13-14,18-19H,7-12H2,1-2H3,(H,25,29)(H,23,24,26). The lowest BCUT2D eigenvalue weighted by Crippen LogP contribution is -2.63. The summed E-state index contributed by atoms with van der Waals surface area (Å²) in [6, 6.07) is 7.45. The zero-order valence-electron chi connectivity index (χ0n) is 17.5. The predicted octanol–water partition coefficient (Wildman–Crippen LogP) is 1.58. The second-order valence-electron chi connectivity index (χ2n) is 8.93. The highest BCUT2D eigenvalue weighted by Crippen LogP contribution is 2.32. The summed E-state index contributed by atoms with van der Waals surface area (Å²) < 4.78 is 0. The van der Waals surface area contributed by atoms with E-state index in [1.807, 2.05) is 43.0 Å². The summed E-state index contributed by atoms with van der Waals surface area (Å²) in [5.74, 6) is 1.84. The van der Waals surface area contributed by atoms with Crippen LogP contribution in [-0.2, 0) is 16.1 Å². The van der Waals surface area contributed by atoms with Gasteiger partial charge in [-0.1, -0.05) is 26.0 Å². The summed E-state index contributed by atoms with van der Waals surface area (Å²) in [6.45, 7) is 6.45. The number of aromatic nitrogens is 2. The molecule has 1 saturated heterocycles. The van der Waals surface area contributed by atoms with Crippen LogP contribution in [0.3, 0.4) is 0 Å². The molecule has 2 aliphatic heterocycles. The summed E-state index contributed by atoms with van der Waals surface area (Å²) in [5, 5.41) is 7.49. The number of hydrogen-bond donors (Lipinski definition) is 2. The summed E-state index contributed by atoms with van der Waals surface area (Å²) in [7, 11) is 0. The monoisotopic (exact) mass is 408 g/mol. The zero-order valence-corrected chi connectivity index (χ0v) is 17.5. The van der Waals surface area contributed by atoms with Gasteiger partial charge in [-0.3, -0.25) is 14.5 Å². The number of nitrogens with one attached hydrogen (secondary N) is 2. The maximum atomic E-state index is 13.2. The van der Waals surface area contributed by atoms with Gasteiger partial charge in [0.2, 0.25) is 11.8 Å². The van der Waals surface area contributed by atoms with Gasteiger partial charge in [-0.15, -0.1) is 0 Å². The van der Waals surface area contributed by atoms with Gasteiger partial charge >= 0.3 is 0 Å². The van der Waals surface area contributed by atoms with Crippen LogP contribution in [0.1, 0.15) is 32.5 Å². The van der Waals surface area contributed by atoms with Gasteiger partial charge in [0.25, 0.3) is 0 Å². The first-order valence-electron chi connectivity index (χ1n) is 10.8. The van der Waals surface area contributed by atoms with Crippen LogP contribution in [0.5, 0.6) is 0 Å². The molecule has 0 spiro atoms. The van der Waals surface area contributed by atoms with Crippen molar-refractivity contribution in [1.82, 2.24) is 25.1 Å². The van der Waals surface area contributed by atoms with E-state index in [1.165, 1.54) is 0 Å². The van der Waals surface area contributed by atoms with Crippen LogP contribution in [0.15, 0.2) is 24.3 Å². The second-order valence-corrected chi connectivity index (χ2v) is 8.93. The van der Waals surface area contributed by atoms with Gasteiger partial charge in [-0.25, -0.2) is 9.97 Å². The summed E-state index contributed by atoms with van der Waals surface area (Å²) >= 11 is 0. The number of para-hydroxylation sites is 1. The number of carbonyl (C=O) groups is 2. The molecule has 3 heterocycles. The molecule has 2 aromatic rings. The number of fused-ring (bicyclic) bond motifs is 5. The summed E-state index contributed by atoms with van der Waals surface area (Å²) in [5.41, 5.74) is 0.868. The lowest BCUT2D eigenvalue weighted by atomic mass is 10.0. The summed E-state index contributed by atoms with van der Waals surface area (Å²) in [4.78, 5) is 39.5. The van der Waals surface area contributed by atoms with Gasteiger partial charge in [0.05, 0.1) is 18.6 Å². The average molecular weight is 409 g/mol. The van der Waals surface area contributed by atoms with Crippen LogP contribution in [0.4, 0.5) is 5.82 Å². The van der Waals surface area contributed by atoms with Crippen LogP contribution in [0.25, 0.3) is 10.9 Å². The number of piperazine rings is 1. The minimum absolute atomic E-state index is 0.0631. The second kappa shape index (κ2) is 7.50. The van der Waals surface area contributed by atoms with E-state index >= 15 is 0 Å². The number of rotatable bonds is 2. The van der Waals surface area contributed by atoms with Crippen LogP contribution in [0.2, 0.25) is 0 Å². The summed E-state index contributed by atoms with van der Waals surface area (Å²) in [6.07, 6.45) is 1.74. The Morgan fingerprint density at radius 2 is 1.93 bits per heavy atom. The highest BCUT2D eigenvalue weighted by molar-refractivity contribution is 5.92. The van der Waals surface area contributed by atoms with Crippen LogP contribution in [-0.4, -0.2) is 63.4 Å². The molecule has 2 amide bonds. The number of hydrogen-bond acceptors (Lipinski definition) is 6. The lowest BCUT2D eigenvalue weighted by Gasteiger charge is -2.42. The van der Waals surface area contributed by atoms with Crippen molar-refractivity contribution in [3.05, 3.63) is 30.1 Å². The first-order valence-corrected chi connectivity index (χ1v) is 10.8. The van der Waals surface area contributed by atoms with Gasteiger partial charge in [0, 0.05) is 24.4 Å². The molecule has 2 fully saturated rings. The highest BCUT2D eigenvalue weighted by atomic mass is 16.2. The SMILES string of the molecule is CC(C)C1Nc2nc(nc3ccccc23)CN2CCN(C(=O)C3CC3)CC2NC1=O. The number of anilines is 1. The molecule has 158 valence electrons. The molecule has 2 atom stereocenters. The fourth-order valence-electron chi connectivity index (χ4n) is 4.36. The lowest BCUT2D eigenvalue weighted by molar-refractivity contribution is -0.138. The predicted molar refractivity (Wildman–Crippen MR) is 113 cm³/mol. The smallest absolute Gasteiger partial charge is 0.244 e. The van der Waals surface area contributed by atoms with Gasteiger partial charge in [0.15, 0.2) is 0 Å². The molecular weight excluding hydrogens is 380 g/mol. The Bertz CT molecular complexity index is 989. The van der Waals surface area contributed by atoms with Gasteiger partial charge in [-0.05, 0) is 30.9 Å². The molecular formula is C22H28N6O2. The number of carbonyl (C=O) groups excluding carboxylic acids is 2. The van der Waals surface area contributed by atoms with Gasteiger partial charge in [0.1, 0.15) is 23.8 Å². The largest absolute Gasteiger partial charge is 0.358 e. The third kappa shape index (κ3) is 3.60. The van der Waals surface area contributed by atoms with E-state index in [0.717, 1.165) is 29.6 Å². The molecule has 8 nitrogen and oxygen atoms in total. The van der Waals surface area contributed by atoms with E-state index in [2.05, 4.69) is 15.5 Å². The van der Waals surface area contributed by atoms with Crippen molar-refractivity contribution in [1.29, 1.82) is 0 Å². The molecule has 2 bridgehead atoms. The van der Waals surface area contributed by atoms with Crippen molar-refractivity contribution in [2.24, 2.45) is 11.8 Å². The Hall–Kier alpha value is -2.74. The van der Waals surface area contributed by atoms with Gasteiger partial charge < -0.3 is 15.5 Å². The topological polar surface area (TPSA) is 90.5 Å². The Balaban J connectivity index is 1.51. The maximum absolute atomic E-state index is 13.2. The van der Waals surface area contributed by atoms with Crippen molar-refractivity contribution in [2.45, 2.75) is 45.4 Å². The van der Waals surface area contributed by atoms with E-state index in [1.54, 1.807) is 0 Å². The molecule has 0 radical (unpaired) electrons. The zero-order chi connectivity index (χ0) is 20.8. The number of nitrogens with zero attached hydrogens (tertiary/aromatic N) is 4. The normalized spacial score (nSPS) is 24.9. The minimum atomic E-state index is -0.425. The molecule has 1 aromatic carbocycles. The highest BCUT2D eigenvalue weighted by Gasteiger charge is 2.39. The Labute approximate surface area is 176 Å². The third-order valence-corrected chi connectivity index (χ3v) is 6.27. The van der Waals surface area contributed by atoms with E-state index in [4.69, 9.17) is 9.97 Å². The molecule has 1 aliphatic carbocycles. The Morgan fingerprint density at radius 3 is 2.70 bits per heavy atom. The van der Waals surface area contributed by atoms with Crippen LogP contribution >= 0.6 is 0 Å². The third-order valence-electron chi connectivity index (χ3n) is 6.27. The molecule has 1 aromatic heterocycles. The van der Waals surface area contributed by atoms with Crippen molar-refractivity contribution >= 4 is 28.5 Å². The number of benzene rings is 1. The fourth-order valence-corrected chi connectivity index (χ4v) is 4.36. The van der Waals surface area contributed by atoms with Crippen molar-refractivity contribution in [2.75, 3.05) is 25.0 Å². The Kier molecular flexibility index (Phi) is 4.81. The molecule has 8 heteroatoms. The molecule has 30 heavy (non-hydrogen) atoms. The average Bonchev–Trinajstić information content (AvgIpc) is 3.57. The first-order chi connectivity index (χ1) is 14.5. The molecule has 5 rings (SSSR count). The van der Waals surface area contributed by atoms with E-state index in [0.29, 0.717) is 32.0 Å². The maximum Gasteiger partial charge on any atom is 0.244 e. The fraction of sp³-hybridized carbons (Fsp3) is 0.545. The molecule has 3 aliphatic rings. The van der Waals surface area contributed by atoms with Crippen LogP contribution < -0.4 is 10.6 Å². The van der Waals surface area contributed by atoms with Crippen molar-refractivity contribution in [3.63, 3.8) is 0 Å². The minimum Gasteiger partial charge on any atom is -0.358 e. The van der Waals surface area contributed by atoms with Gasteiger partial charge in [-0.2, -0.15) is 0 Å². The van der Waals surface area contributed by atoms with Crippen molar-refractivity contribution < 1.29 is 9.59 Å². The first kappa shape index (κ1) is 19.2. The van der Waals surface area contributed by atoms with E-state index < -0.39 is 6.04 Å². The van der Waals surface area contributed by atoms with Crippen LogP contribution in [0, 0.1) is 11.8 Å². The number of amides is 2. The molecule has 1 saturated carbocycles. The van der Waals surface area contributed by atoms with E-state index in [-0.39, 0.29) is 29.8 Å². The molecule has 2 N–H and O–H groups in total. The van der Waals surface area contributed by atoms with E-state index in [9.17, 15) is 9.59 Å².